The molecule has 1 aliphatic rings. The molecule has 3 heterocycles. The summed E-state index contributed by atoms with van der Waals surface area (Å²) in [4.78, 5) is 9.69. The van der Waals surface area contributed by atoms with E-state index in [9.17, 15) is 0 Å². The van der Waals surface area contributed by atoms with Crippen LogP contribution < -0.4 is 4.90 Å². The van der Waals surface area contributed by atoms with Crippen LogP contribution in [0.15, 0.2) is 61.1 Å². The number of aromatic nitrogens is 3. The zero-order chi connectivity index (χ0) is 17.8. The molecule has 3 aromatic rings. The Hall–Kier alpha value is -2.66. The molecule has 1 unspecified atom stereocenters. The monoisotopic (exact) mass is 347 g/mol. The smallest absolute Gasteiger partial charge is 0.136 e. The normalized spacial score (nSPS) is 16.6. The number of piperazine rings is 1. The van der Waals surface area contributed by atoms with E-state index in [1.54, 1.807) is 0 Å². The number of hydrogen-bond donors (Lipinski definition) is 1. The molecular weight excluding hydrogens is 322 g/mol. The molecule has 1 aliphatic heterocycles. The summed E-state index contributed by atoms with van der Waals surface area (Å²) in [5.74, 6) is 1.09. The number of H-pyrrole nitrogens is 1. The van der Waals surface area contributed by atoms with E-state index < -0.39 is 0 Å². The maximum absolute atomic E-state index is 4.71. The van der Waals surface area contributed by atoms with Crippen LogP contribution in [0.5, 0.6) is 0 Å². The summed E-state index contributed by atoms with van der Waals surface area (Å²) in [7, 11) is 0. The second-order valence-corrected chi connectivity index (χ2v) is 6.72. The van der Waals surface area contributed by atoms with E-state index in [1.165, 1.54) is 16.7 Å². The van der Waals surface area contributed by atoms with Gasteiger partial charge >= 0.3 is 0 Å². The second-order valence-electron chi connectivity index (χ2n) is 6.72. The Bertz CT molecular complexity index is 807. The Labute approximate surface area is 154 Å². The average molecular weight is 347 g/mol. The van der Waals surface area contributed by atoms with Crippen LogP contribution in [0.3, 0.4) is 0 Å². The van der Waals surface area contributed by atoms with Gasteiger partial charge in [-0.2, -0.15) is 5.10 Å². The predicted molar refractivity (Wildman–Crippen MR) is 105 cm³/mol. The molecule has 0 saturated carbocycles. The number of benzene rings is 1. The minimum Gasteiger partial charge on any atom is -0.354 e. The molecule has 2 aromatic heterocycles. The third-order valence-electron chi connectivity index (χ3n) is 5.22. The lowest BCUT2D eigenvalue weighted by Crippen LogP contribution is -2.48. The van der Waals surface area contributed by atoms with Crippen LogP contribution in [0, 0.1) is 0 Å². The van der Waals surface area contributed by atoms with Crippen LogP contribution in [0.25, 0.3) is 11.1 Å². The molecule has 0 amide bonds. The second kappa shape index (κ2) is 7.70. The van der Waals surface area contributed by atoms with Crippen LogP contribution in [0.4, 0.5) is 5.82 Å². The van der Waals surface area contributed by atoms with Gasteiger partial charge in [0.1, 0.15) is 5.82 Å². The van der Waals surface area contributed by atoms with Gasteiger partial charge < -0.3 is 4.90 Å². The third kappa shape index (κ3) is 3.35. The van der Waals surface area contributed by atoms with Gasteiger partial charge in [0.05, 0.1) is 6.20 Å². The Morgan fingerprint density at radius 3 is 2.54 bits per heavy atom. The van der Waals surface area contributed by atoms with Gasteiger partial charge in [-0.15, -0.1) is 0 Å². The summed E-state index contributed by atoms with van der Waals surface area (Å²) in [6, 6.07) is 15.2. The molecule has 1 aromatic carbocycles. The molecule has 1 N–H and O–H groups in total. The van der Waals surface area contributed by atoms with E-state index in [4.69, 9.17) is 4.98 Å². The van der Waals surface area contributed by atoms with Crippen molar-refractivity contribution in [3.8, 4) is 11.1 Å². The Morgan fingerprint density at radius 1 is 1.04 bits per heavy atom. The first-order valence-corrected chi connectivity index (χ1v) is 9.35. The fraction of sp³-hybridized carbons (Fsp3) is 0.333. The Morgan fingerprint density at radius 2 is 1.85 bits per heavy atom. The van der Waals surface area contributed by atoms with E-state index in [1.807, 2.05) is 24.7 Å². The number of anilines is 1. The Balaban J connectivity index is 1.51. The van der Waals surface area contributed by atoms with Crippen molar-refractivity contribution in [3.63, 3.8) is 0 Å². The zero-order valence-corrected chi connectivity index (χ0v) is 15.2. The lowest BCUT2D eigenvalue weighted by atomic mass is 10.0. The molecule has 0 radical (unpaired) electrons. The van der Waals surface area contributed by atoms with Crippen molar-refractivity contribution in [1.29, 1.82) is 0 Å². The van der Waals surface area contributed by atoms with Crippen LogP contribution in [0.2, 0.25) is 0 Å². The van der Waals surface area contributed by atoms with E-state index in [2.05, 4.69) is 63.3 Å². The van der Waals surface area contributed by atoms with Crippen molar-refractivity contribution in [3.05, 3.63) is 66.6 Å². The molecule has 0 bridgehead atoms. The molecule has 0 aliphatic carbocycles. The molecule has 5 nitrogen and oxygen atoms in total. The first-order valence-electron chi connectivity index (χ1n) is 9.35. The van der Waals surface area contributed by atoms with Crippen LogP contribution in [0.1, 0.15) is 24.9 Å². The number of aromatic amines is 1. The van der Waals surface area contributed by atoms with Crippen molar-refractivity contribution in [2.75, 3.05) is 31.1 Å². The highest BCUT2D eigenvalue weighted by Gasteiger charge is 2.26. The highest BCUT2D eigenvalue weighted by Crippen LogP contribution is 2.31. The quantitative estimate of drug-likeness (QED) is 0.764. The maximum Gasteiger partial charge on any atom is 0.136 e. The first kappa shape index (κ1) is 16.8. The largest absolute Gasteiger partial charge is 0.354 e. The number of pyridine rings is 1. The molecule has 0 spiro atoms. The summed E-state index contributed by atoms with van der Waals surface area (Å²) in [6.45, 7) is 6.30. The number of nitrogens with one attached hydrogen (secondary N) is 1. The zero-order valence-electron chi connectivity index (χ0n) is 15.2. The van der Waals surface area contributed by atoms with E-state index >= 15 is 0 Å². The summed E-state index contributed by atoms with van der Waals surface area (Å²) in [5, 5.41) is 7.07. The van der Waals surface area contributed by atoms with Gasteiger partial charge in [0.25, 0.3) is 0 Å². The van der Waals surface area contributed by atoms with Gasteiger partial charge in [-0.05, 0) is 24.1 Å². The van der Waals surface area contributed by atoms with Crippen molar-refractivity contribution in [2.45, 2.75) is 19.4 Å². The van der Waals surface area contributed by atoms with Crippen molar-refractivity contribution >= 4 is 5.82 Å². The first-order chi connectivity index (χ1) is 12.9. The SMILES string of the molecule is CCC(c1cn[nH]c1)N1CCN(c2ncccc2-c2ccccc2)CC1. The summed E-state index contributed by atoms with van der Waals surface area (Å²) in [5.41, 5.74) is 3.72. The molecular formula is C21H25N5. The van der Waals surface area contributed by atoms with Crippen LogP contribution >= 0.6 is 0 Å². The van der Waals surface area contributed by atoms with E-state index in [-0.39, 0.29) is 0 Å². The van der Waals surface area contributed by atoms with Crippen molar-refractivity contribution < 1.29 is 0 Å². The molecule has 5 heteroatoms. The van der Waals surface area contributed by atoms with Gasteiger partial charge in [0.2, 0.25) is 0 Å². The van der Waals surface area contributed by atoms with Gasteiger partial charge in [-0.25, -0.2) is 4.98 Å². The van der Waals surface area contributed by atoms with Gasteiger partial charge in [0.15, 0.2) is 0 Å². The van der Waals surface area contributed by atoms with Crippen LogP contribution in [-0.4, -0.2) is 46.3 Å². The highest BCUT2D eigenvalue weighted by molar-refractivity contribution is 5.75. The fourth-order valence-corrected chi connectivity index (χ4v) is 3.89. The molecule has 134 valence electrons. The number of rotatable bonds is 5. The fourth-order valence-electron chi connectivity index (χ4n) is 3.89. The summed E-state index contributed by atoms with van der Waals surface area (Å²) < 4.78 is 0. The van der Waals surface area contributed by atoms with Crippen molar-refractivity contribution in [2.24, 2.45) is 0 Å². The minimum absolute atomic E-state index is 0.438. The minimum atomic E-state index is 0.438. The molecule has 26 heavy (non-hydrogen) atoms. The van der Waals surface area contributed by atoms with Gasteiger partial charge in [-0.3, -0.25) is 10.00 Å². The summed E-state index contributed by atoms with van der Waals surface area (Å²) >= 11 is 0. The van der Waals surface area contributed by atoms with Crippen LogP contribution in [-0.2, 0) is 0 Å². The third-order valence-corrected chi connectivity index (χ3v) is 5.22. The average Bonchev–Trinajstić information content (AvgIpc) is 3.24. The van der Waals surface area contributed by atoms with E-state index in [0.29, 0.717) is 6.04 Å². The highest BCUT2D eigenvalue weighted by atomic mass is 15.3. The number of nitrogens with zero attached hydrogens (tertiary/aromatic N) is 4. The lowest BCUT2D eigenvalue weighted by molar-refractivity contribution is 0.181. The summed E-state index contributed by atoms with van der Waals surface area (Å²) in [6.07, 6.45) is 6.96. The van der Waals surface area contributed by atoms with Gasteiger partial charge in [0, 0.05) is 55.7 Å². The Kier molecular flexibility index (Phi) is 4.97. The number of hydrogen-bond acceptors (Lipinski definition) is 4. The molecule has 1 saturated heterocycles. The maximum atomic E-state index is 4.71. The topological polar surface area (TPSA) is 48.1 Å². The van der Waals surface area contributed by atoms with E-state index in [0.717, 1.165) is 38.4 Å². The van der Waals surface area contributed by atoms with Gasteiger partial charge in [-0.1, -0.05) is 37.3 Å². The molecule has 4 rings (SSSR count). The lowest BCUT2D eigenvalue weighted by Gasteiger charge is -2.39. The molecule has 1 atom stereocenters. The molecule has 1 fully saturated rings. The predicted octanol–water partition coefficient (Wildman–Crippen LogP) is 3.75. The standard InChI is InChI=1S/C21H25N5/c1-2-20(18-15-23-24-16-18)25-11-13-26(14-12-25)21-19(9-6-10-22-21)17-7-4-3-5-8-17/h3-10,15-16,20H,2,11-14H2,1H3,(H,23,24). The van der Waals surface area contributed by atoms with Crippen molar-refractivity contribution in [1.82, 2.24) is 20.1 Å².